The van der Waals surface area contributed by atoms with Gasteiger partial charge in [0.2, 0.25) is 0 Å². The predicted molar refractivity (Wildman–Crippen MR) is 75.2 cm³/mol. The van der Waals surface area contributed by atoms with E-state index in [4.69, 9.17) is 17.3 Å². The first-order valence-electron chi connectivity index (χ1n) is 5.76. The quantitative estimate of drug-likeness (QED) is 0.668. The van der Waals surface area contributed by atoms with E-state index in [1.54, 1.807) is 19.1 Å². The van der Waals surface area contributed by atoms with Gasteiger partial charge in [-0.2, -0.15) is 0 Å². The van der Waals surface area contributed by atoms with E-state index in [-0.39, 0.29) is 17.0 Å². The van der Waals surface area contributed by atoms with Crippen LogP contribution in [0.2, 0.25) is 5.02 Å². The average molecular weight is 278 g/mol. The number of nitrogen functional groups attached to an aromatic ring is 1. The molecule has 2 rings (SSSR count). The van der Waals surface area contributed by atoms with Crippen molar-refractivity contribution in [2.75, 3.05) is 5.73 Å². The van der Waals surface area contributed by atoms with E-state index < -0.39 is 5.82 Å². The number of nitrogens with two attached hydrogens (primary N) is 1. The van der Waals surface area contributed by atoms with Crippen molar-refractivity contribution in [3.05, 3.63) is 63.4 Å². The van der Waals surface area contributed by atoms with Crippen molar-refractivity contribution in [1.29, 1.82) is 0 Å². The van der Waals surface area contributed by atoms with Gasteiger partial charge in [0.25, 0.3) is 0 Å². The summed E-state index contributed by atoms with van der Waals surface area (Å²) < 4.78 is 13.3. The highest BCUT2D eigenvalue weighted by atomic mass is 35.5. The lowest BCUT2D eigenvalue weighted by atomic mass is 9.97. The molecular weight excluding hydrogens is 265 g/mol. The molecule has 0 bridgehead atoms. The summed E-state index contributed by atoms with van der Waals surface area (Å²) in [5.74, 6) is -0.782. The fourth-order valence-corrected chi connectivity index (χ4v) is 2.14. The number of aryl methyl sites for hydroxylation is 2. The van der Waals surface area contributed by atoms with Gasteiger partial charge in [0.05, 0.1) is 0 Å². The molecule has 2 N–H and O–H groups in total. The number of rotatable bonds is 2. The third-order valence-electron chi connectivity index (χ3n) is 2.93. The maximum Gasteiger partial charge on any atom is 0.193 e. The molecule has 0 unspecified atom stereocenters. The van der Waals surface area contributed by atoms with Crippen molar-refractivity contribution in [2.45, 2.75) is 13.8 Å². The molecule has 2 aromatic carbocycles. The second-order valence-electron chi connectivity index (χ2n) is 4.52. The summed E-state index contributed by atoms with van der Waals surface area (Å²) >= 11 is 6.00. The van der Waals surface area contributed by atoms with Crippen molar-refractivity contribution in [2.24, 2.45) is 0 Å². The highest BCUT2D eigenvalue weighted by molar-refractivity contribution is 6.31. The Morgan fingerprint density at radius 2 is 1.79 bits per heavy atom. The second kappa shape index (κ2) is 5.02. The number of ketones is 1. The first-order valence-corrected chi connectivity index (χ1v) is 6.14. The van der Waals surface area contributed by atoms with Gasteiger partial charge in [0.15, 0.2) is 5.78 Å². The van der Waals surface area contributed by atoms with Crippen LogP contribution in [0.15, 0.2) is 30.3 Å². The molecule has 0 aliphatic heterocycles. The van der Waals surface area contributed by atoms with Crippen LogP contribution in [0.1, 0.15) is 27.0 Å². The topological polar surface area (TPSA) is 43.1 Å². The van der Waals surface area contributed by atoms with E-state index in [9.17, 15) is 9.18 Å². The minimum absolute atomic E-state index is 0.228. The van der Waals surface area contributed by atoms with Crippen LogP contribution in [-0.2, 0) is 0 Å². The van der Waals surface area contributed by atoms with Gasteiger partial charge in [-0.15, -0.1) is 0 Å². The zero-order valence-corrected chi connectivity index (χ0v) is 11.4. The fraction of sp³-hybridized carbons (Fsp3) is 0.133. The minimum atomic E-state index is -0.522. The summed E-state index contributed by atoms with van der Waals surface area (Å²) in [7, 11) is 0. The summed E-state index contributed by atoms with van der Waals surface area (Å²) in [5.41, 5.74) is 8.09. The van der Waals surface area contributed by atoms with E-state index in [0.29, 0.717) is 10.6 Å². The Morgan fingerprint density at radius 1 is 1.11 bits per heavy atom. The van der Waals surface area contributed by atoms with E-state index in [2.05, 4.69) is 0 Å². The molecule has 0 saturated carbocycles. The molecule has 98 valence electrons. The molecule has 0 radical (unpaired) electrons. The summed E-state index contributed by atoms with van der Waals surface area (Å²) in [5, 5.41) is 0.604. The van der Waals surface area contributed by atoms with Crippen LogP contribution in [-0.4, -0.2) is 5.78 Å². The van der Waals surface area contributed by atoms with Gasteiger partial charge < -0.3 is 5.73 Å². The van der Waals surface area contributed by atoms with Crippen LogP contribution in [0.5, 0.6) is 0 Å². The number of hydrogen-bond donors (Lipinski definition) is 1. The van der Waals surface area contributed by atoms with Gasteiger partial charge >= 0.3 is 0 Å². The summed E-state index contributed by atoms with van der Waals surface area (Å²) in [6.45, 7) is 3.61. The normalized spacial score (nSPS) is 10.5. The van der Waals surface area contributed by atoms with Gasteiger partial charge in [0, 0.05) is 21.8 Å². The lowest BCUT2D eigenvalue weighted by Gasteiger charge is -2.09. The number of carbonyl (C=O) groups excluding carboxylic acids is 1. The van der Waals surface area contributed by atoms with Crippen molar-refractivity contribution >= 4 is 23.1 Å². The smallest absolute Gasteiger partial charge is 0.193 e. The van der Waals surface area contributed by atoms with Gasteiger partial charge in [0.1, 0.15) is 5.82 Å². The van der Waals surface area contributed by atoms with E-state index in [1.165, 1.54) is 18.2 Å². The molecule has 19 heavy (non-hydrogen) atoms. The van der Waals surface area contributed by atoms with E-state index in [1.807, 2.05) is 6.92 Å². The van der Waals surface area contributed by atoms with Crippen molar-refractivity contribution in [1.82, 2.24) is 0 Å². The van der Waals surface area contributed by atoms with Crippen molar-refractivity contribution in [3.8, 4) is 0 Å². The Balaban J connectivity index is 2.53. The molecule has 2 nitrogen and oxygen atoms in total. The molecule has 0 fully saturated rings. The molecular formula is C15H13ClFNO. The van der Waals surface area contributed by atoms with Crippen molar-refractivity contribution < 1.29 is 9.18 Å². The standard InChI is InChI=1S/C15H13ClFNO/c1-8-4-14(16)9(2)3-13(8)15(19)10-5-11(17)7-12(18)6-10/h3-7H,18H2,1-2H3. The van der Waals surface area contributed by atoms with Gasteiger partial charge in [-0.3, -0.25) is 4.79 Å². The van der Waals surface area contributed by atoms with Crippen molar-refractivity contribution in [3.63, 3.8) is 0 Å². The second-order valence-corrected chi connectivity index (χ2v) is 4.93. The molecule has 0 aliphatic rings. The number of benzene rings is 2. The summed E-state index contributed by atoms with van der Waals surface area (Å²) in [6.07, 6.45) is 0. The molecule has 4 heteroatoms. The van der Waals surface area contributed by atoms with E-state index >= 15 is 0 Å². The van der Waals surface area contributed by atoms with Gasteiger partial charge in [-0.25, -0.2) is 4.39 Å². The van der Waals surface area contributed by atoms with Gasteiger partial charge in [-0.05, 0) is 55.3 Å². The molecule has 0 saturated heterocycles. The number of anilines is 1. The monoisotopic (exact) mass is 277 g/mol. The van der Waals surface area contributed by atoms with Gasteiger partial charge in [-0.1, -0.05) is 11.6 Å². The Morgan fingerprint density at radius 3 is 2.42 bits per heavy atom. The van der Waals surface area contributed by atoms with Crippen LogP contribution in [0.4, 0.5) is 10.1 Å². The molecule has 2 aromatic rings. The molecule has 0 spiro atoms. The number of carbonyl (C=O) groups is 1. The maximum absolute atomic E-state index is 13.3. The maximum atomic E-state index is 13.3. The molecule has 0 amide bonds. The highest BCUT2D eigenvalue weighted by Crippen LogP contribution is 2.23. The Hall–Kier alpha value is -1.87. The predicted octanol–water partition coefficient (Wildman–Crippen LogP) is 3.91. The number of halogens is 2. The lowest BCUT2D eigenvalue weighted by molar-refractivity contribution is 0.103. The van der Waals surface area contributed by atoms with Crippen LogP contribution < -0.4 is 5.73 Å². The zero-order valence-electron chi connectivity index (χ0n) is 10.6. The summed E-state index contributed by atoms with van der Waals surface area (Å²) in [6, 6.07) is 7.27. The molecule has 0 heterocycles. The lowest BCUT2D eigenvalue weighted by Crippen LogP contribution is -2.06. The Kier molecular flexibility index (Phi) is 3.58. The van der Waals surface area contributed by atoms with Crippen LogP contribution >= 0.6 is 11.6 Å². The SMILES string of the molecule is Cc1cc(C(=O)c2cc(N)cc(F)c2)c(C)cc1Cl. The zero-order chi connectivity index (χ0) is 14.2. The third-order valence-corrected chi connectivity index (χ3v) is 3.34. The molecule has 0 aliphatic carbocycles. The van der Waals surface area contributed by atoms with E-state index in [0.717, 1.165) is 11.1 Å². The third kappa shape index (κ3) is 2.76. The minimum Gasteiger partial charge on any atom is -0.399 e. The average Bonchev–Trinajstić information content (AvgIpc) is 2.31. The van der Waals surface area contributed by atoms with Crippen LogP contribution in [0, 0.1) is 19.7 Å². The fourth-order valence-electron chi connectivity index (χ4n) is 1.92. The highest BCUT2D eigenvalue weighted by Gasteiger charge is 2.14. The first-order chi connectivity index (χ1) is 8.88. The van der Waals surface area contributed by atoms with Crippen LogP contribution in [0.3, 0.4) is 0 Å². The molecule has 0 aromatic heterocycles. The number of hydrogen-bond acceptors (Lipinski definition) is 2. The van der Waals surface area contributed by atoms with Crippen LogP contribution in [0.25, 0.3) is 0 Å². The Bertz CT molecular complexity index is 647. The largest absolute Gasteiger partial charge is 0.399 e. The Labute approximate surface area is 116 Å². The first kappa shape index (κ1) is 13.6. The summed E-state index contributed by atoms with van der Waals surface area (Å²) in [4.78, 5) is 12.4. The molecule has 0 atom stereocenters.